The summed E-state index contributed by atoms with van der Waals surface area (Å²) < 4.78 is 14.6. The van der Waals surface area contributed by atoms with Crippen LogP contribution in [0, 0.1) is 5.82 Å². The highest BCUT2D eigenvalue weighted by Crippen LogP contribution is 2.26. The first-order chi connectivity index (χ1) is 8.74. The van der Waals surface area contributed by atoms with E-state index in [0.717, 1.165) is 17.5 Å². The summed E-state index contributed by atoms with van der Waals surface area (Å²) in [5.74, 6) is 0.683. The number of carbonyl (C=O) groups is 1. The van der Waals surface area contributed by atoms with Crippen LogP contribution in [-0.2, 0) is 6.54 Å². The number of hydrogen-bond donors (Lipinski definition) is 1. The van der Waals surface area contributed by atoms with E-state index in [0.29, 0.717) is 11.5 Å². The van der Waals surface area contributed by atoms with Crippen LogP contribution in [0.5, 0.6) is 0 Å². The Kier molecular flexibility index (Phi) is 2.75. The van der Waals surface area contributed by atoms with E-state index >= 15 is 0 Å². The molecule has 92 valence electrons. The maximum absolute atomic E-state index is 12.7. The average molecular weight is 264 g/mol. The maximum Gasteiger partial charge on any atom is 0.258 e. The molecule has 18 heavy (non-hydrogen) atoms. The van der Waals surface area contributed by atoms with E-state index in [2.05, 4.69) is 15.5 Å². The zero-order chi connectivity index (χ0) is 12.5. The lowest BCUT2D eigenvalue weighted by Gasteiger charge is -2.04. The molecule has 0 fully saturated rings. The molecule has 7 heteroatoms. The second kappa shape index (κ2) is 4.41. The Morgan fingerprint density at radius 1 is 1.33 bits per heavy atom. The lowest BCUT2D eigenvalue weighted by Crippen LogP contribution is -2.15. The van der Waals surface area contributed by atoms with Crippen molar-refractivity contribution in [1.29, 1.82) is 0 Å². The monoisotopic (exact) mass is 264 g/mol. The number of nitrogens with zero attached hydrogens (tertiary/aromatic N) is 3. The van der Waals surface area contributed by atoms with Crippen LogP contribution in [0.25, 0.3) is 0 Å². The second-order valence-corrected chi connectivity index (χ2v) is 4.83. The lowest BCUT2D eigenvalue weighted by atomic mass is 10.2. The van der Waals surface area contributed by atoms with Crippen molar-refractivity contribution >= 4 is 23.6 Å². The highest BCUT2D eigenvalue weighted by molar-refractivity contribution is 7.99. The van der Waals surface area contributed by atoms with Crippen molar-refractivity contribution in [3.8, 4) is 0 Å². The molecule has 1 aromatic carbocycles. The van der Waals surface area contributed by atoms with Gasteiger partial charge in [-0.15, -0.1) is 10.2 Å². The molecule has 1 amide bonds. The van der Waals surface area contributed by atoms with Gasteiger partial charge in [0.05, 0.1) is 0 Å². The van der Waals surface area contributed by atoms with Crippen molar-refractivity contribution in [3.05, 3.63) is 35.6 Å². The number of hydrogen-bond acceptors (Lipinski definition) is 4. The molecule has 5 nitrogen and oxygen atoms in total. The van der Waals surface area contributed by atoms with Gasteiger partial charge in [-0.3, -0.25) is 14.7 Å². The number of carbonyl (C=O) groups excluding carboxylic acids is 1. The van der Waals surface area contributed by atoms with Gasteiger partial charge in [0, 0.05) is 17.9 Å². The molecule has 1 aliphatic rings. The molecule has 1 aromatic heterocycles. The van der Waals surface area contributed by atoms with E-state index in [4.69, 9.17) is 0 Å². The number of halogens is 1. The smallest absolute Gasteiger partial charge is 0.258 e. The van der Waals surface area contributed by atoms with E-state index in [1.54, 1.807) is 11.8 Å². The molecule has 0 aliphatic carbocycles. The minimum Gasteiger partial charge on any atom is -0.290 e. The summed E-state index contributed by atoms with van der Waals surface area (Å²) in [7, 11) is 0. The quantitative estimate of drug-likeness (QED) is 0.898. The van der Waals surface area contributed by atoms with Gasteiger partial charge in [0.1, 0.15) is 5.82 Å². The fourth-order valence-corrected chi connectivity index (χ4v) is 2.58. The molecule has 2 heterocycles. The summed E-state index contributed by atoms with van der Waals surface area (Å²) in [5.41, 5.74) is 0.388. The van der Waals surface area contributed by atoms with Crippen molar-refractivity contribution in [2.75, 3.05) is 11.1 Å². The molecule has 0 unspecified atom stereocenters. The van der Waals surface area contributed by atoms with E-state index in [1.807, 2.05) is 4.57 Å². The number of anilines is 1. The number of aromatic nitrogens is 3. The summed E-state index contributed by atoms with van der Waals surface area (Å²) in [5, 5.41) is 11.3. The molecule has 0 atom stereocenters. The van der Waals surface area contributed by atoms with E-state index in [1.165, 1.54) is 24.3 Å². The minimum atomic E-state index is -0.369. The summed E-state index contributed by atoms with van der Waals surface area (Å²) in [6.07, 6.45) is 0. The van der Waals surface area contributed by atoms with Crippen LogP contribution in [0.2, 0.25) is 0 Å². The fraction of sp³-hybridized carbons (Fsp3) is 0.182. The Morgan fingerprint density at radius 2 is 2.11 bits per heavy atom. The summed E-state index contributed by atoms with van der Waals surface area (Å²) in [6, 6.07) is 5.36. The van der Waals surface area contributed by atoms with Crippen LogP contribution >= 0.6 is 11.8 Å². The first-order valence-electron chi connectivity index (χ1n) is 5.37. The Bertz CT molecular complexity index is 596. The summed E-state index contributed by atoms with van der Waals surface area (Å²) in [4.78, 5) is 11.9. The molecule has 0 spiro atoms. The minimum absolute atomic E-state index is 0.317. The second-order valence-electron chi connectivity index (χ2n) is 3.77. The highest BCUT2D eigenvalue weighted by Gasteiger charge is 2.19. The highest BCUT2D eigenvalue weighted by atomic mass is 32.2. The number of amides is 1. The number of benzene rings is 1. The van der Waals surface area contributed by atoms with Gasteiger partial charge in [0.25, 0.3) is 5.91 Å². The van der Waals surface area contributed by atoms with Crippen molar-refractivity contribution in [1.82, 2.24) is 14.8 Å². The van der Waals surface area contributed by atoms with Gasteiger partial charge in [0.2, 0.25) is 5.95 Å². The van der Waals surface area contributed by atoms with Gasteiger partial charge in [-0.25, -0.2) is 4.39 Å². The molecule has 0 radical (unpaired) electrons. The largest absolute Gasteiger partial charge is 0.290 e. The van der Waals surface area contributed by atoms with Crippen LogP contribution in [0.1, 0.15) is 10.4 Å². The van der Waals surface area contributed by atoms with Gasteiger partial charge in [-0.2, -0.15) is 0 Å². The number of thioether (sulfide) groups is 1. The lowest BCUT2D eigenvalue weighted by molar-refractivity contribution is 0.102. The first kappa shape index (κ1) is 11.2. The third kappa shape index (κ3) is 1.97. The van der Waals surface area contributed by atoms with Gasteiger partial charge < -0.3 is 0 Å². The Hall–Kier alpha value is -1.89. The molecule has 2 aromatic rings. The van der Waals surface area contributed by atoms with E-state index in [-0.39, 0.29) is 11.7 Å². The normalized spacial score (nSPS) is 13.4. The van der Waals surface area contributed by atoms with Crippen molar-refractivity contribution < 1.29 is 9.18 Å². The van der Waals surface area contributed by atoms with Gasteiger partial charge in [-0.05, 0) is 24.3 Å². The number of rotatable bonds is 2. The van der Waals surface area contributed by atoms with Crippen LogP contribution in [0.15, 0.2) is 29.4 Å². The maximum atomic E-state index is 12.7. The Balaban J connectivity index is 1.80. The zero-order valence-corrected chi connectivity index (χ0v) is 10.1. The molecule has 0 saturated carbocycles. The van der Waals surface area contributed by atoms with Crippen molar-refractivity contribution in [3.63, 3.8) is 0 Å². The van der Waals surface area contributed by atoms with Crippen LogP contribution in [0.4, 0.5) is 10.3 Å². The van der Waals surface area contributed by atoms with Gasteiger partial charge >= 0.3 is 0 Å². The molecule has 0 bridgehead atoms. The van der Waals surface area contributed by atoms with Crippen molar-refractivity contribution in [2.45, 2.75) is 11.7 Å². The van der Waals surface area contributed by atoms with Crippen LogP contribution < -0.4 is 5.32 Å². The van der Waals surface area contributed by atoms with Crippen molar-refractivity contribution in [2.24, 2.45) is 0 Å². The average Bonchev–Trinajstić information content (AvgIpc) is 2.95. The van der Waals surface area contributed by atoms with E-state index < -0.39 is 0 Å². The number of fused-ring (bicyclic) bond motifs is 1. The van der Waals surface area contributed by atoms with Crippen LogP contribution in [0.3, 0.4) is 0 Å². The third-order valence-electron chi connectivity index (χ3n) is 2.59. The van der Waals surface area contributed by atoms with Gasteiger partial charge in [0.15, 0.2) is 5.16 Å². The van der Waals surface area contributed by atoms with Crippen LogP contribution in [-0.4, -0.2) is 26.4 Å². The Morgan fingerprint density at radius 3 is 2.89 bits per heavy atom. The molecular weight excluding hydrogens is 255 g/mol. The van der Waals surface area contributed by atoms with Gasteiger partial charge in [-0.1, -0.05) is 11.8 Å². The molecule has 1 aliphatic heterocycles. The SMILES string of the molecule is O=C(Nc1nnc2n1CCS2)c1ccc(F)cc1. The number of nitrogens with one attached hydrogen (secondary N) is 1. The zero-order valence-electron chi connectivity index (χ0n) is 9.26. The predicted molar refractivity (Wildman–Crippen MR) is 65.1 cm³/mol. The molecule has 1 N–H and O–H groups in total. The molecular formula is C11H9FN4OS. The standard InChI is InChI=1S/C11H9FN4OS/c12-8-3-1-7(2-4-8)9(17)13-10-14-15-11-16(10)5-6-18-11/h1-4H,5-6H2,(H,13,14,17). The Labute approximate surface area is 106 Å². The summed E-state index contributed by atoms with van der Waals surface area (Å²) in [6.45, 7) is 0.784. The third-order valence-corrected chi connectivity index (χ3v) is 3.54. The molecule has 0 saturated heterocycles. The first-order valence-corrected chi connectivity index (χ1v) is 6.35. The fourth-order valence-electron chi connectivity index (χ4n) is 1.69. The van der Waals surface area contributed by atoms with E-state index in [9.17, 15) is 9.18 Å². The predicted octanol–water partition coefficient (Wildman–Crippen LogP) is 1.78. The summed E-state index contributed by atoms with van der Waals surface area (Å²) >= 11 is 1.60. The topological polar surface area (TPSA) is 59.8 Å². The molecule has 3 rings (SSSR count).